The molecule has 0 saturated carbocycles. The van der Waals surface area contributed by atoms with Crippen LogP contribution in [0.4, 0.5) is 0 Å². The molecule has 0 N–H and O–H groups in total. The van der Waals surface area contributed by atoms with Crippen molar-refractivity contribution in [1.82, 2.24) is 0 Å². The van der Waals surface area contributed by atoms with Gasteiger partial charge in [-0.2, -0.15) is 0 Å². The van der Waals surface area contributed by atoms with Crippen LogP contribution in [0.2, 0.25) is 0 Å². The molecule has 0 unspecified atom stereocenters. The van der Waals surface area contributed by atoms with Crippen LogP contribution >= 0.6 is 0 Å². The Morgan fingerprint density at radius 3 is 2.48 bits per heavy atom. The van der Waals surface area contributed by atoms with E-state index in [1.165, 1.54) is 22.3 Å². The third-order valence-electron chi connectivity index (χ3n) is 3.43. The molecule has 0 radical (unpaired) electrons. The standard InChI is InChI=1S/C19H22.C2H6/c1-6-15-13-16-12-14(2)9-10-18(16)17(15)8-7-11-19(3,4)5;1-2/h1,7-10,12H,11,13H2,2-5H3;1-2H3/b8-7-;. The molecule has 0 aromatic heterocycles. The Morgan fingerprint density at radius 1 is 1.24 bits per heavy atom. The van der Waals surface area contributed by atoms with Crippen LogP contribution in [-0.4, -0.2) is 0 Å². The molecule has 0 heteroatoms. The topological polar surface area (TPSA) is 0 Å². The third-order valence-corrected chi connectivity index (χ3v) is 3.43. The largest absolute Gasteiger partial charge is 0.115 e. The van der Waals surface area contributed by atoms with E-state index in [0.717, 1.165) is 18.4 Å². The second-order valence-electron chi connectivity index (χ2n) is 6.54. The predicted molar refractivity (Wildman–Crippen MR) is 95.2 cm³/mol. The molecule has 21 heavy (non-hydrogen) atoms. The zero-order valence-electron chi connectivity index (χ0n) is 14.4. The summed E-state index contributed by atoms with van der Waals surface area (Å²) in [4.78, 5) is 0. The summed E-state index contributed by atoms with van der Waals surface area (Å²) >= 11 is 0. The smallest absolute Gasteiger partial charge is 0.0140 e. The first-order chi connectivity index (χ1) is 9.90. The first-order valence-corrected chi connectivity index (χ1v) is 7.87. The quantitative estimate of drug-likeness (QED) is 0.587. The lowest BCUT2D eigenvalue weighted by molar-refractivity contribution is 0.420. The van der Waals surface area contributed by atoms with Crippen molar-refractivity contribution < 1.29 is 0 Å². The fourth-order valence-corrected chi connectivity index (χ4v) is 2.43. The maximum Gasteiger partial charge on any atom is 0.0140 e. The second-order valence-corrected chi connectivity index (χ2v) is 6.54. The minimum Gasteiger partial charge on any atom is -0.115 e. The summed E-state index contributed by atoms with van der Waals surface area (Å²) in [6.45, 7) is 12.9. The summed E-state index contributed by atoms with van der Waals surface area (Å²) in [5, 5.41) is 0. The Bertz CT molecular complexity index is 583. The van der Waals surface area contributed by atoms with Crippen molar-refractivity contribution in [1.29, 1.82) is 0 Å². The van der Waals surface area contributed by atoms with Gasteiger partial charge in [-0.25, -0.2) is 0 Å². The minimum absolute atomic E-state index is 0.322. The Balaban J connectivity index is 0.00000106. The monoisotopic (exact) mass is 280 g/mol. The Kier molecular flexibility index (Phi) is 6.03. The number of rotatable bonds is 2. The summed E-state index contributed by atoms with van der Waals surface area (Å²) in [5.74, 6) is 2.86. The molecule has 1 aliphatic rings. The molecule has 2 rings (SSSR count). The van der Waals surface area contributed by atoms with Crippen molar-refractivity contribution in [3.63, 3.8) is 0 Å². The van der Waals surface area contributed by atoms with Crippen molar-refractivity contribution in [3.8, 4) is 12.3 Å². The molecular formula is C21H28. The predicted octanol–water partition coefficient (Wildman–Crippen LogP) is 5.96. The highest BCUT2D eigenvalue weighted by molar-refractivity contribution is 5.85. The molecule has 0 nitrogen and oxygen atoms in total. The van der Waals surface area contributed by atoms with Gasteiger partial charge < -0.3 is 0 Å². The lowest BCUT2D eigenvalue weighted by atomic mass is 9.91. The third kappa shape index (κ3) is 4.64. The van der Waals surface area contributed by atoms with Gasteiger partial charge in [-0.05, 0) is 35.5 Å². The molecule has 1 aromatic carbocycles. The van der Waals surface area contributed by atoms with Gasteiger partial charge in [0, 0.05) is 12.0 Å². The lowest BCUT2D eigenvalue weighted by Gasteiger charge is -2.14. The van der Waals surface area contributed by atoms with E-state index >= 15 is 0 Å². The van der Waals surface area contributed by atoms with Crippen LogP contribution in [-0.2, 0) is 6.42 Å². The van der Waals surface area contributed by atoms with E-state index in [4.69, 9.17) is 6.42 Å². The zero-order valence-corrected chi connectivity index (χ0v) is 14.4. The van der Waals surface area contributed by atoms with Gasteiger partial charge in [0.05, 0.1) is 0 Å². The molecule has 1 aromatic rings. The summed E-state index contributed by atoms with van der Waals surface area (Å²) in [6, 6.07) is 6.61. The zero-order chi connectivity index (χ0) is 16.0. The molecular weight excluding hydrogens is 252 g/mol. The fraction of sp³-hybridized carbons (Fsp3) is 0.429. The number of terminal acetylenes is 1. The lowest BCUT2D eigenvalue weighted by Crippen LogP contribution is -2.01. The molecule has 0 heterocycles. The molecule has 112 valence electrons. The van der Waals surface area contributed by atoms with E-state index in [0.29, 0.717) is 5.41 Å². The van der Waals surface area contributed by atoms with E-state index in [-0.39, 0.29) is 0 Å². The van der Waals surface area contributed by atoms with Crippen LogP contribution < -0.4 is 0 Å². The van der Waals surface area contributed by atoms with Crippen molar-refractivity contribution in [2.75, 3.05) is 0 Å². The highest BCUT2D eigenvalue weighted by Crippen LogP contribution is 2.34. The molecule has 0 saturated heterocycles. The van der Waals surface area contributed by atoms with Crippen molar-refractivity contribution in [2.45, 2.75) is 54.4 Å². The molecule has 1 aliphatic carbocycles. The molecule has 0 fully saturated rings. The van der Waals surface area contributed by atoms with Crippen LogP contribution in [0.25, 0.3) is 5.57 Å². The van der Waals surface area contributed by atoms with Gasteiger partial charge in [0.2, 0.25) is 0 Å². The van der Waals surface area contributed by atoms with Crippen molar-refractivity contribution >= 4 is 5.57 Å². The van der Waals surface area contributed by atoms with Gasteiger partial charge >= 0.3 is 0 Å². The molecule has 0 aliphatic heterocycles. The summed E-state index contributed by atoms with van der Waals surface area (Å²) < 4.78 is 0. The van der Waals surface area contributed by atoms with Crippen molar-refractivity contribution in [2.24, 2.45) is 5.41 Å². The van der Waals surface area contributed by atoms with Crippen LogP contribution in [0, 0.1) is 24.7 Å². The maximum absolute atomic E-state index is 5.66. The average molecular weight is 280 g/mol. The SMILES string of the molecule is C#CC1=C(/C=C\CC(C)(C)C)c2ccc(C)cc2C1.CC. The number of hydrogen-bond donors (Lipinski definition) is 0. The minimum atomic E-state index is 0.322. The highest BCUT2D eigenvalue weighted by atomic mass is 14.2. The number of fused-ring (bicyclic) bond motifs is 1. The number of allylic oxidation sites excluding steroid dienone is 4. The number of aryl methyl sites for hydroxylation is 1. The van der Waals surface area contributed by atoms with Gasteiger partial charge in [0.25, 0.3) is 0 Å². The summed E-state index contributed by atoms with van der Waals surface area (Å²) in [7, 11) is 0. The Morgan fingerprint density at radius 2 is 1.90 bits per heavy atom. The van der Waals surface area contributed by atoms with Crippen LogP contribution in [0.1, 0.15) is 57.7 Å². The molecule has 0 bridgehead atoms. The average Bonchev–Trinajstić information content (AvgIpc) is 2.77. The van der Waals surface area contributed by atoms with E-state index in [2.05, 4.69) is 64.0 Å². The first kappa shape index (κ1) is 17.3. The van der Waals surface area contributed by atoms with Crippen molar-refractivity contribution in [3.05, 3.63) is 52.6 Å². The maximum atomic E-state index is 5.66. The first-order valence-electron chi connectivity index (χ1n) is 7.87. The molecule has 0 atom stereocenters. The number of hydrogen-bond acceptors (Lipinski definition) is 0. The summed E-state index contributed by atoms with van der Waals surface area (Å²) in [6.07, 6.45) is 12.1. The van der Waals surface area contributed by atoms with Crippen LogP contribution in [0.5, 0.6) is 0 Å². The van der Waals surface area contributed by atoms with E-state index in [9.17, 15) is 0 Å². The highest BCUT2D eigenvalue weighted by Gasteiger charge is 2.18. The van der Waals surface area contributed by atoms with Gasteiger partial charge in [-0.15, -0.1) is 6.42 Å². The van der Waals surface area contributed by atoms with Gasteiger partial charge in [-0.1, -0.05) is 76.5 Å². The van der Waals surface area contributed by atoms with Crippen LogP contribution in [0.15, 0.2) is 35.9 Å². The summed E-state index contributed by atoms with van der Waals surface area (Å²) in [5.41, 5.74) is 6.65. The molecule has 0 spiro atoms. The van der Waals surface area contributed by atoms with Crippen LogP contribution in [0.3, 0.4) is 0 Å². The van der Waals surface area contributed by atoms with E-state index < -0.39 is 0 Å². The van der Waals surface area contributed by atoms with Gasteiger partial charge in [0.15, 0.2) is 0 Å². The Hall–Kier alpha value is -1.74. The van der Waals surface area contributed by atoms with Gasteiger partial charge in [0.1, 0.15) is 0 Å². The second kappa shape index (κ2) is 7.32. The normalized spacial score (nSPS) is 13.8. The van der Waals surface area contributed by atoms with Gasteiger partial charge in [-0.3, -0.25) is 0 Å². The Labute approximate surface area is 131 Å². The van der Waals surface area contributed by atoms with E-state index in [1.54, 1.807) is 0 Å². The molecule has 0 amide bonds. The fourth-order valence-electron chi connectivity index (χ4n) is 2.43. The van der Waals surface area contributed by atoms with E-state index in [1.807, 2.05) is 13.8 Å². The number of benzene rings is 1.